The van der Waals surface area contributed by atoms with Crippen LogP contribution < -0.4 is 10.2 Å². The Kier molecular flexibility index (Phi) is 3.27. The molecule has 3 aromatic heterocycles. The quantitative estimate of drug-likeness (QED) is 0.787. The van der Waals surface area contributed by atoms with Gasteiger partial charge in [0.15, 0.2) is 0 Å². The molecular formula is C17H19N5. The highest BCUT2D eigenvalue weighted by molar-refractivity contribution is 5.78. The lowest BCUT2D eigenvalue weighted by Crippen LogP contribution is -2.49. The number of piperazine rings is 1. The van der Waals surface area contributed by atoms with Crippen molar-refractivity contribution in [1.29, 1.82) is 0 Å². The van der Waals surface area contributed by atoms with E-state index in [4.69, 9.17) is 4.98 Å². The number of rotatable bonds is 2. The Bertz CT molecular complexity index is 794. The van der Waals surface area contributed by atoms with Crippen molar-refractivity contribution >= 4 is 11.3 Å². The minimum Gasteiger partial charge on any atom is -0.354 e. The molecule has 5 nitrogen and oxygen atoms in total. The first kappa shape index (κ1) is 13.3. The Morgan fingerprint density at radius 3 is 3.05 bits per heavy atom. The predicted molar refractivity (Wildman–Crippen MR) is 88.1 cm³/mol. The first-order valence-corrected chi connectivity index (χ1v) is 7.69. The van der Waals surface area contributed by atoms with Crippen molar-refractivity contribution in [2.45, 2.75) is 13.0 Å². The molecule has 0 spiro atoms. The average molecular weight is 293 g/mol. The summed E-state index contributed by atoms with van der Waals surface area (Å²) in [5, 5.41) is 7.87. The van der Waals surface area contributed by atoms with Crippen LogP contribution in [0.1, 0.15) is 6.92 Å². The lowest BCUT2D eigenvalue weighted by atomic mass is 10.1. The van der Waals surface area contributed by atoms with Gasteiger partial charge in [-0.1, -0.05) is 12.1 Å². The summed E-state index contributed by atoms with van der Waals surface area (Å²) < 4.78 is 1.89. The summed E-state index contributed by atoms with van der Waals surface area (Å²) in [6.45, 7) is 5.20. The molecule has 0 saturated carbocycles. The number of anilines is 1. The van der Waals surface area contributed by atoms with Crippen LogP contribution in [0, 0.1) is 0 Å². The third kappa shape index (κ3) is 2.33. The van der Waals surface area contributed by atoms with E-state index in [1.165, 1.54) is 0 Å². The Hall–Kier alpha value is -2.40. The highest BCUT2D eigenvalue weighted by atomic mass is 15.2. The van der Waals surface area contributed by atoms with Crippen LogP contribution in [-0.4, -0.2) is 40.3 Å². The van der Waals surface area contributed by atoms with Crippen LogP contribution in [0.15, 0.2) is 48.8 Å². The van der Waals surface area contributed by atoms with Crippen LogP contribution in [0.25, 0.3) is 16.8 Å². The van der Waals surface area contributed by atoms with Crippen molar-refractivity contribution in [3.8, 4) is 11.3 Å². The van der Waals surface area contributed by atoms with Gasteiger partial charge < -0.3 is 10.2 Å². The molecule has 1 aliphatic heterocycles. The van der Waals surface area contributed by atoms with Crippen LogP contribution >= 0.6 is 0 Å². The fourth-order valence-corrected chi connectivity index (χ4v) is 3.02. The molecule has 0 unspecified atom stereocenters. The number of fused-ring (bicyclic) bond motifs is 1. The standard InChI is InChI=1S/C17H19N5/c1-13-12-21(10-8-18-13)17-7-4-5-15(20-17)14-11-19-22-9-3-2-6-16(14)22/h2-7,9,11,13,18H,8,10,12H2,1H3/t13-/m0/s1. The van der Waals surface area contributed by atoms with Crippen LogP contribution in [0.3, 0.4) is 0 Å². The van der Waals surface area contributed by atoms with Gasteiger partial charge >= 0.3 is 0 Å². The van der Waals surface area contributed by atoms with Crippen molar-refractivity contribution < 1.29 is 0 Å². The maximum Gasteiger partial charge on any atom is 0.129 e. The fraction of sp³-hybridized carbons (Fsp3) is 0.294. The molecule has 112 valence electrons. The fourth-order valence-electron chi connectivity index (χ4n) is 3.02. The third-order valence-corrected chi connectivity index (χ3v) is 4.13. The van der Waals surface area contributed by atoms with Crippen molar-refractivity contribution in [3.63, 3.8) is 0 Å². The van der Waals surface area contributed by atoms with E-state index in [-0.39, 0.29) is 0 Å². The van der Waals surface area contributed by atoms with Crippen LogP contribution in [0.5, 0.6) is 0 Å². The van der Waals surface area contributed by atoms with E-state index in [9.17, 15) is 0 Å². The lowest BCUT2D eigenvalue weighted by Gasteiger charge is -2.32. The van der Waals surface area contributed by atoms with E-state index in [0.717, 1.165) is 42.2 Å². The van der Waals surface area contributed by atoms with Crippen LogP contribution in [-0.2, 0) is 0 Å². The topological polar surface area (TPSA) is 45.5 Å². The highest BCUT2D eigenvalue weighted by Crippen LogP contribution is 2.25. The molecule has 22 heavy (non-hydrogen) atoms. The van der Waals surface area contributed by atoms with Crippen molar-refractivity contribution in [2.75, 3.05) is 24.5 Å². The summed E-state index contributed by atoms with van der Waals surface area (Å²) in [5.74, 6) is 1.04. The molecule has 3 aromatic rings. The summed E-state index contributed by atoms with van der Waals surface area (Å²) >= 11 is 0. The molecule has 0 bridgehead atoms. The first-order chi connectivity index (χ1) is 10.8. The minimum atomic E-state index is 0.496. The second-order valence-corrected chi connectivity index (χ2v) is 5.77. The molecule has 0 aromatic carbocycles. The molecule has 4 rings (SSSR count). The largest absolute Gasteiger partial charge is 0.354 e. The Labute approximate surface area is 129 Å². The van der Waals surface area contributed by atoms with E-state index in [1.54, 1.807) is 0 Å². The molecule has 4 heterocycles. The predicted octanol–water partition coefficient (Wildman–Crippen LogP) is 2.19. The molecule has 1 saturated heterocycles. The molecule has 1 N–H and O–H groups in total. The van der Waals surface area contributed by atoms with Gasteiger partial charge in [0.2, 0.25) is 0 Å². The van der Waals surface area contributed by atoms with Gasteiger partial charge in [-0.05, 0) is 31.2 Å². The number of pyridine rings is 2. The molecular weight excluding hydrogens is 274 g/mol. The monoisotopic (exact) mass is 293 g/mol. The SMILES string of the molecule is C[C@H]1CN(c2cccc(-c3cnn4ccccc34)n2)CCN1. The molecule has 1 fully saturated rings. The van der Waals surface area contributed by atoms with Gasteiger partial charge in [-0.2, -0.15) is 5.10 Å². The second kappa shape index (κ2) is 5.42. The summed E-state index contributed by atoms with van der Waals surface area (Å²) in [4.78, 5) is 7.21. The van der Waals surface area contributed by atoms with Gasteiger partial charge in [0.25, 0.3) is 0 Å². The average Bonchev–Trinajstić information content (AvgIpc) is 2.99. The van der Waals surface area contributed by atoms with Gasteiger partial charge in [0.05, 0.1) is 17.4 Å². The van der Waals surface area contributed by atoms with Crippen molar-refractivity contribution in [1.82, 2.24) is 19.9 Å². The Morgan fingerprint density at radius 2 is 2.14 bits per heavy atom. The number of hydrogen-bond donors (Lipinski definition) is 1. The summed E-state index contributed by atoms with van der Waals surface area (Å²) in [5.41, 5.74) is 3.14. The molecule has 1 aliphatic rings. The van der Waals surface area contributed by atoms with Crippen molar-refractivity contribution in [2.24, 2.45) is 0 Å². The van der Waals surface area contributed by atoms with E-state index in [2.05, 4.69) is 46.5 Å². The summed E-state index contributed by atoms with van der Waals surface area (Å²) in [6.07, 6.45) is 3.85. The van der Waals surface area contributed by atoms with Gasteiger partial charge in [0, 0.05) is 37.4 Å². The third-order valence-electron chi connectivity index (χ3n) is 4.13. The number of hydrogen-bond acceptors (Lipinski definition) is 4. The van der Waals surface area contributed by atoms with E-state index >= 15 is 0 Å². The van der Waals surface area contributed by atoms with E-state index < -0.39 is 0 Å². The van der Waals surface area contributed by atoms with Crippen molar-refractivity contribution in [3.05, 3.63) is 48.8 Å². The number of nitrogens with zero attached hydrogens (tertiary/aromatic N) is 4. The minimum absolute atomic E-state index is 0.496. The van der Waals surface area contributed by atoms with E-state index in [1.807, 2.05) is 29.0 Å². The van der Waals surface area contributed by atoms with Gasteiger partial charge in [0.1, 0.15) is 5.82 Å². The Morgan fingerprint density at radius 1 is 1.18 bits per heavy atom. The zero-order valence-corrected chi connectivity index (χ0v) is 12.6. The molecule has 0 amide bonds. The first-order valence-electron chi connectivity index (χ1n) is 7.69. The van der Waals surface area contributed by atoms with E-state index in [0.29, 0.717) is 6.04 Å². The second-order valence-electron chi connectivity index (χ2n) is 5.77. The van der Waals surface area contributed by atoms with Gasteiger partial charge in [-0.15, -0.1) is 0 Å². The maximum atomic E-state index is 4.87. The zero-order chi connectivity index (χ0) is 14.9. The molecule has 0 radical (unpaired) electrons. The smallest absolute Gasteiger partial charge is 0.129 e. The number of aromatic nitrogens is 3. The van der Waals surface area contributed by atoms with Crippen LogP contribution in [0.2, 0.25) is 0 Å². The molecule has 1 atom stereocenters. The Balaban J connectivity index is 1.72. The zero-order valence-electron chi connectivity index (χ0n) is 12.6. The lowest BCUT2D eigenvalue weighted by molar-refractivity contribution is 0.482. The molecule has 0 aliphatic carbocycles. The maximum absolute atomic E-state index is 4.87. The molecule has 5 heteroatoms. The normalized spacial score (nSPS) is 18.8. The highest BCUT2D eigenvalue weighted by Gasteiger charge is 2.17. The summed E-state index contributed by atoms with van der Waals surface area (Å²) in [6, 6.07) is 12.8. The van der Waals surface area contributed by atoms with Gasteiger partial charge in [-0.3, -0.25) is 0 Å². The van der Waals surface area contributed by atoms with Gasteiger partial charge in [-0.25, -0.2) is 9.50 Å². The summed E-state index contributed by atoms with van der Waals surface area (Å²) in [7, 11) is 0. The number of nitrogens with one attached hydrogen (secondary N) is 1. The van der Waals surface area contributed by atoms with Crippen LogP contribution in [0.4, 0.5) is 5.82 Å².